The van der Waals surface area contributed by atoms with Crippen molar-refractivity contribution in [3.8, 4) is 0 Å². The number of benzene rings is 1. The predicted molar refractivity (Wildman–Crippen MR) is 69.9 cm³/mol. The van der Waals surface area contributed by atoms with E-state index in [-0.39, 0.29) is 5.91 Å². The number of methoxy groups -OCH3 is 1. The van der Waals surface area contributed by atoms with Crippen molar-refractivity contribution < 1.29 is 9.53 Å². The van der Waals surface area contributed by atoms with Crippen molar-refractivity contribution in [2.75, 3.05) is 20.3 Å². The van der Waals surface area contributed by atoms with E-state index in [0.29, 0.717) is 24.0 Å². The number of imidazole rings is 1. The Morgan fingerprint density at radius 1 is 1.56 bits per heavy atom. The molecule has 0 atom stereocenters. The number of amides is 1. The molecular formula is C12H14ClN3O2. The maximum Gasteiger partial charge on any atom is 0.251 e. The lowest BCUT2D eigenvalue weighted by Crippen LogP contribution is -2.25. The minimum Gasteiger partial charge on any atom is -0.385 e. The average Bonchev–Trinajstić information content (AvgIpc) is 2.73. The van der Waals surface area contributed by atoms with Gasteiger partial charge in [0.2, 0.25) is 5.28 Å². The Labute approximate surface area is 109 Å². The van der Waals surface area contributed by atoms with Gasteiger partial charge in [-0.1, -0.05) is 0 Å². The molecule has 0 aliphatic heterocycles. The van der Waals surface area contributed by atoms with E-state index in [2.05, 4.69) is 15.3 Å². The molecule has 0 spiro atoms. The molecule has 0 unspecified atom stereocenters. The van der Waals surface area contributed by atoms with Crippen LogP contribution in [0, 0.1) is 0 Å². The second-order valence-corrected chi connectivity index (χ2v) is 4.22. The maximum absolute atomic E-state index is 11.8. The van der Waals surface area contributed by atoms with Gasteiger partial charge in [0, 0.05) is 25.8 Å². The quantitative estimate of drug-likeness (QED) is 0.814. The van der Waals surface area contributed by atoms with Crippen molar-refractivity contribution in [3.05, 3.63) is 29.0 Å². The first-order valence-corrected chi connectivity index (χ1v) is 6.01. The van der Waals surface area contributed by atoms with Crippen molar-refractivity contribution in [3.63, 3.8) is 0 Å². The Kier molecular flexibility index (Phi) is 4.17. The molecule has 0 radical (unpaired) electrons. The number of aromatic nitrogens is 2. The molecule has 6 heteroatoms. The maximum atomic E-state index is 11.8. The van der Waals surface area contributed by atoms with Crippen LogP contribution in [0.5, 0.6) is 0 Å². The smallest absolute Gasteiger partial charge is 0.251 e. The van der Waals surface area contributed by atoms with Crippen LogP contribution in [0.15, 0.2) is 18.2 Å². The average molecular weight is 268 g/mol. The highest BCUT2D eigenvalue weighted by molar-refractivity contribution is 6.29. The first kappa shape index (κ1) is 12.9. The largest absolute Gasteiger partial charge is 0.385 e. The first-order chi connectivity index (χ1) is 8.70. The second-order valence-electron chi connectivity index (χ2n) is 3.86. The van der Waals surface area contributed by atoms with Gasteiger partial charge in [-0.05, 0) is 36.2 Å². The molecule has 1 aromatic heterocycles. The van der Waals surface area contributed by atoms with E-state index in [4.69, 9.17) is 16.3 Å². The standard InChI is InChI=1S/C12H14ClN3O2/c1-18-6-2-5-14-11(17)8-3-4-9-10(7-8)16-12(13)15-9/h3-4,7H,2,5-6H2,1H3,(H,14,17)(H,15,16). The van der Waals surface area contributed by atoms with E-state index in [1.54, 1.807) is 25.3 Å². The summed E-state index contributed by atoms with van der Waals surface area (Å²) in [5.74, 6) is -0.112. The van der Waals surface area contributed by atoms with Crippen LogP contribution in [0.2, 0.25) is 5.28 Å². The fourth-order valence-corrected chi connectivity index (χ4v) is 1.83. The molecule has 18 heavy (non-hydrogen) atoms. The molecule has 96 valence electrons. The summed E-state index contributed by atoms with van der Waals surface area (Å²) in [5, 5.41) is 3.14. The van der Waals surface area contributed by atoms with E-state index in [1.807, 2.05) is 0 Å². The van der Waals surface area contributed by atoms with Gasteiger partial charge in [-0.15, -0.1) is 0 Å². The van der Waals surface area contributed by atoms with Gasteiger partial charge in [-0.3, -0.25) is 4.79 Å². The molecule has 0 saturated carbocycles. The number of aromatic amines is 1. The third-order valence-corrected chi connectivity index (χ3v) is 2.70. The molecule has 0 aliphatic carbocycles. The molecule has 2 aromatic rings. The van der Waals surface area contributed by atoms with E-state index in [9.17, 15) is 4.79 Å². The Bertz CT molecular complexity index is 553. The minimum atomic E-state index is -0.112. The third kappa shape index (κ3) is 3.00. The Balaban J connectivity index is 2.03. The number of fused-ring (bicyclic) bond motifs is 1. The topological polar surface area (TPSA) is 67.0 Å². The van der Waals surface area contributed by atoms with Crippen LogP contribution in [0.1, 0.15) is 16.8 Å². The summed E-state index contributed by atoms with van der Waals surface area (Å²) in [6, 6.07) is 5.23. The van der Waals surface area contributed by atoms with E-state index < -0.39 is 0 Å². The number of carbonyl (C=O) groups is 1. The highest BCUT2D eigenvalue weighted by Crippen LogP contribution is 2.16. The van der Waals surface area contributed by atoms with Crippen LogP contribution in [-0.2, 0) is 4.74 Å². The number of halogens is 1. The van der Waals surface area contributed by atoms with Gasteiger partial charge in [-0.2, -0.15) is 0 Å². The summed E-state index contributed by atoms with van der Waals surface area (Å²) in [4.78, 5) is 18.8. The highest BCUT2D eigenvalue weighted by atomic mass is 35.5. The number of nitrogens with one attached hydrogen (secondary N) is 2. The predicted octanol–water partition coefficient (Wildman–Crippen LogP) is 1.98. The summed E-state index contributed by atoms with van der Waals surface area (Å²) in [6.07, 6.45) is 0.792. The lowest BCUT2D eigenvalue weighted by Gasteiger charge is -2.04. The molecule has 5 nitrogen and oxygen atoms in total. The molecule has 1 aromatic carbocycles. The van der Waals surface area contributed by atoms with E-state index >= 15 is 0 Å². The molecule has 0 saturated heterocycles. The monoisotopic (exact) mass is 267 g/mol. The zero-order valence-electron chi connectivity index (χ0n) is 10.00. The van der Waals surface area contributed by atoms with Crippen LogP contribution >= 0.6 is 11.6 Å². The molecule has 1 amide bonds. The van der Waals surface area contributed by atoms with Gasteiger partial charge >= 0.3 is 0 Å². The summed E-state index contributed by atoms with van der Waals surface area (Å²) < 4.78 is 4.91. The first-order valence-electron chi connectivity index (χ1n) is 5.63. The molecule has 0 fully saturated rings. The van der Waals surface area contributed by atoms with Crippen molar-refractivity contribution in [2.45, 2.75) is 6.42 Å². The van der Waals surface area contributed by atoms with Crippen LogP contribution < -0.4 is 5.32 Å². The van der Waals surface area contributed by atoms with Gasteiger partial charge < -0.3 is 15.0 Å². The van der Waals surface area contributed by atoms with E-state index in [0.717, 1.165) is 17.5 Å². The molecule has 0 aliphatic rings. The summed E-state index contributed by atoms with van der Waals surface area (Å²) in [6.45, 7) is 1.23. The number of nitrogens with zero attached hydrogens (tertiary/aromatic N) is 1. The summed E-state index contributed by atoms with van der Waals surface area (Å²) in [5.41, 5.74) is 2.08. The van der Waals surface area contributed by atoms with Crippen LogP contribution in [-0.4, -0.2) is 36.1 Å². The minimum absolute atomic E-state index is 0.112. The molecule has 1 heterocycles. The van der Waals surface area contributed by atoms with Gasteiger partial charge in [0.15, 0.2) is 0 Å². The fraction of sp³-hybridized carbons (Fsp3) is 0.333. The van der Waals surface area contributed by atoms with Crippen molar-refractivity contribution in [1.29, 1.82) is 0 Å². The second kappa shape index (κ2) is 5.84. The number of rotatable bonds is 5. The zero-order chi connectivity index (χ0) is 13.0. The fourth-order valence-electron chi connectivity index (χ4n) is 1.64. The highest BCUT2D eigenvalue weighted by Gasteiger charge is 2.07. The Morgan fingerprint density at radius 2 is 2.39 bits per heavy atom. The summed E-state index contributed by atoms with van der Waals surface area (Å²) in [7, 11) is 1.64. The molecule has 2 N–H and O–H groups in total. The van der Waals surface area contributed by atoms with Gasteiger partial charge in [-0.25, -0.2) is 4.98 Å². The van der Waals surface area contributed by atoms with Gasteiger partial charge in [0.1, 0.15) is 0 Å². The lowest BCUT2D eigenvalue weighted by molar-refractivity contribution is 0.0948. The third-order valence-electron chi connectivity index (χ3n) is 2.53. The summed E-state index contributed by atoms with van der Waals surface area (Å²) >= 11 is 5.75. The van der Waals surface area contributed by atoms with Crippen LogP contribution in [0.4, 0.5) is 0 Å². The normalized spacial score (nSPS) is 10.8. The number of carbonyl (C=O) groups excluding carboxylic acids is 1. The van der Waals surface area contributed by atoms with E-state index in [1.165, 1.54) is 0 Å². The van der Waals surface area contributed by atoms with Crippen LogP contribution in [0.25, 0.3) is 11.0 Å². The Morgan fingerprint density at radius 3 is 3.17 bits per heavy atom. The number of H-pyrrole nitrogens is 1. The molecule has 0 bridgehead atoms. The van der Waals surface area contributed by atoms with Crippen molar-refractivity contribution in [2.24, 2.45) is 0 Å². The number of ether oxygens (including phenoxy) is 1. The van der Waals surface area contributed by atoms with Crippen molar-refractivity contribution in [1.82, 2.24) is 15.3 Å². The van der Waals surface area contributed by atoms with Crippen LogP contribution in [0.3, 0.4) is 0 Å². The molecular weight excluding hydrogens is 254 g/mol. The molecule has 2 rings (SSSR count). The number of hydrogen-bond acceptors (Lipinski definition) is 3. The lowest BCUT2D eigenvalue weighted by atomic mass is 10.2. The number of hydrogen-bond donors (Lipinski definition) is 2. The van der Waals surface area contributed by atoms with Gasteiger partial charge in [0.05, 0.1) is 11.0 Å². The Hall–Kier alpha value is -1.59. The van der Waals surface area contributed by atoms with Crippen molar-refractivity contribution >= 4 is 28.5 Å². The SMILES string of the molecule is COCCCNC(=O)c1ccc2nc(Cl)[nH]c2c1. The zero-order valence-corrected chi connectivity index (χ0v) is 10.8. The van der Waals surface area contributed by atoms with Gasteiger partial charge in [0.25, 0.3) is 5.91 Å².